The molecular weight excluding hydrogens is 632 g/mol. The van der Waals surface area contributed by atoms with Gasteiger partial charge in [-0.2, -0.15) is 13.1 Å². The van der Waals surface area contributed by atoms with E-state index in [0.29, 0.717) is 19.7 Å². The molecule has 0 aliphatic rings. The number of nitrogens with one attached hydrogen (secondary N) is 2. The molecule has 0 aromatic rings. The van der Waals surface area contributed by atoms with Crippen LogP contribution in [0.3, 0.4) is 0 Å². The summed E-state index contributed by atoms with van der Waals surface area (Å²) in [5.41, 5.74) is 14.2. The number of hydrogen-bond donors (Lipinski definition) is 1. The van der Waals surface area contributed by atoms with Gasteiger partial charge in [-0.3, -0.25) is 0 Å². The largest absolute Gasteiger partial charge is 3.00 e. The van der Waals surface area contributed by atoms with Gasteiger partial charge in [0.15, 0.2) is 0 Å². The van der Waals surface area contributed by atoms with E-state index in [1.165, 1.54) is 212 Å². The van der Waals surface area contributed by atoms with Gasteiger partial charge in [0.05, 0.1) is 0 Å². The Morgan fingerprint density at radius 1 is 0.277 bits per heavy atom. The van der Waals surface area contributed by atoms with E-state index in [-0.39, 0.29) is 34.1 Å². The summed E-state index contributed by atoms with van der Waals surface area (Å²) in [7, 11) is 0. The van der Waals surface area contributed by atoms with Crippen LogP contribution in [0.5, 0.6) is 0 Å². The van der Waals surface area contributed by atoms with Gasteiger partial charge in [0.1, 0.15) is 0 Å². The molecule has 0 aromatic carbocycles. The summed E-state index contributed by atoms with van der Waals surface area (Å²) >= 11 is 0. The zero-order valence-electron chi connectivity index (χ0n) is 32.9. The van der Waals surface area contributed by atoms with Crippen LogP contribution in [0.4, 0.5) is 0 Å². The summed E-state index contributed by atoms with van der Waals surface area (Å²) in [5.74, 6) is 0. The van der Waals surface area contributed by atoms with Crippen molar-refractivity contribution in [3.63, 3.8) is 0 Å². The van der Waals surface area contributed by atoms with E-state index < -0.39 is 0 Å². The molecule has 5 heteroatoms. The zero-order chi connectivity index (χ0) is 33.6. The molecule has 0 aromatic heterocycles. The minimum absolute atomic E-state index is 0. The molecule has 0 aliphatic carbocycles. The Balaban J connectivity index is -0.000000201. The molecule has 0 bridgehead atoms. The Morgan fingerprint density at radius 2 is 0.426 bits per heavy atom. The van der Waals surface area contributed by atoms with Crippen LogP contribution in [0.15, 0.2) is 0 Å². The van der Waals surface area contributed by atoms with Gasteiger partial charge in [-0.15, -0.1) is 0 Å². The van der Waals surface area contributed by atoms with E-state index in [4.69, 9.17) is 16.6 Å². The molecule has 47 heavy (non-hydrogen) atoms. The third-order valence-corrected chi connectivity index (χ3v) is 9.07. The molecule has 0 fully saturated rings. The molecule has 0 spiro atoms. The number of halogens is 1. The van der Waals surface area contributed by atoms with Gasteiger partial charge in [0, 0.05) is 6.61 Å². The van der Waals surface area contributed by atoms with Gasteiger partial charge >= 0.3 is 21.7 Å². The Morgan fingerprint density at radius 3 is 0.574 bits per heavy atom. The smallest absolute Gasteiger partial charge is 1.00 e. The number of hydrogen-bond acceptors (Lipinski definition) is 1. The molecule has 0 unspecified atom stereocenters. The maximum Gasteiger partial charge on any atom is 3.00 e. The molecule has 0 saturated heterocycles. The van der Waals surface area contributed by atoms with Crippen molar-refractivity contribution < 1.29 is 39.2 Å². The van der Waals surface area contributed by atoms with Gasteiger partial charge in [0.25, 0.3) is 0 Å². The van der Waals surface area contributed by atoms with Crippen LogP contribution in [0.1, 0.15) is 252 Å². The van der Waals surface area contributed by atoms with E-state index in [1.54, 1.807) is 0 Å². The Hall–Kier alpha value is 0.884. The minimum Gasteiger partial charge on any atom is -1.00 e. The van der Waals surface area contributed by atoms with Crippen molar-refractivity contribution in [3.8, 4) is 0 Å². The quantitative estimate of drug-likeness (QED) is 0.0508. The summed E-state index contributed by atoms with van der Waals surface area (Å²) in [6.45, 7) is 8.35. The van der Waals surface area contributed by atoms with Crippen LogP contribution in [-0.4, -0.2) is 24.8 Å². The Kier molecular flexibility index (Phi) is 75.6. The number of unbranched alkanes of at least 4 members (excludes halogenated alkanes) is 33. The summed E-state index contributed by atoms with van der Waals surface area (Å²) in [5, 5.41) is 8.29. The van der Waals surface area contributed by atoms with Crippen LogP contribution in [-0.2, 0) is 21.7 Å². The molecule has 0 saturated carbocycles. The standard InChI is InChI=1S/2C18H38N.C6H14O.ClH.Ti/c2*1-2-3-4-5-6-7-8-9-10-11-12-13-14-15-16-17-18-19;1-2-3-4-5-6-7;;/h2*19H,2-18H2,1H3;7H,2-6H2,1H3;1H;/q2*-1;;;+3/p-1. The first-order valence-corrected chi connectivity index (χ1v) is 21.1. The average molecular weight is 723 g/mol. The van der Waals surface area contributed by atoms with E-state index in [0.717, 1.165) is 19.3 Å². The maximum absolute atomic E-state index is 8.29. The molecule has 0 atom stereocenters. The zero-order valence-corrected chi connectivity index (χ0v) is 35.2. The van der Waals surface area contributed by atoms with Gasteiger partial charge in [-0.25, -0.2) is 0 Å². The SMILES string of the molecule is CCCCCCCCCCCCCCCCCC[NH-].CCCCCCCCCCCCCCCCCC[NH-].CCCCCCO.[Cl-].[Ti+3]. The first-order valence-electron chi connectivity index (χ1n) is 21.1. The first kappa shape index (κ1) is 57.2. The fraction of sp³-hybridized carbons (Fsp3) is 1.00. The molecule has 0 heterocycles. The molecular formula is C42H90ClN2OTi. The topological polar surface area (TPSA) is 67.8 Å². The summed E-state index contributed by atoms with van der Waals surface area (Å²) < 4.78 is 0. The second-order valence-electron chi connectivity index (χ2n) is 13.9. The second kappa shape index (κ2) is 62.1. The molecule has 3 N–H and O–H groups in total. The van der Waals surface area contributed by atoms with Crippen LogP contribution in [0.25, 0.3) is 11.5 Å². The number of aliphatic hydroxyl groups excluding tert-OH is 1. The van der Waals surface area contributed by atoms with E-state index in [9.17, 15) is 0 Å². The van der Waals surface area contributed by atoms with Crippen LogP contribution < -0.4 is 12.4 Å². The maximum atomic E-state index is 8.29. The predicted molar refractivity (Wildman–Crippen MR) is 209 cm³/mol. The molecule has 1 radical (unpaired) electrons. The molecule has 0 aliphatic heterocycles. The third kappa shape index (κ3) is 69.4. The van der Waals surface area contributed by atoms with Crippen LogP contribution >= 0.6 is 0 Å². The van der Waals surface area contributed by atoms with E-state index in [1.807, 2.05) is 0 Å². The molecule has 0 rings (SSSR count). The minimum atomic E-state index is 0. The molecule has 0 amide bonds. The Bertz CT molecular complexity index is 375. The number of rotatable bonds is 36. The Labute approximate surface area is 320 Å². The molecule has 3 nitrogen and oxygen atoms in total. The summed E-state index contributed by atoms with van der Waals surface area (Å²) in [6, 6.07) is 0. The van der Waals surface area contributed by atoms with Crippen molar-refractivity contribution in [1.82, 2.24) is 0 Å². The van der Waals surface area contributed by atoms with Crippen LogP contribution in [0, 0.1) is 0 Å². The average Bonchev–Trinajstić information content (AvgIpc) is 3.05. The molecule has 285 valence electrons. The fourth-order valence-corrected chi connectivity index (χ4v) is 5.88. The normalized spacial score (nSPS) is 10.3. The van der Waals surface area contributed by atoms with Crippen molar-refractivity contribution in [2.75, 3.05) is 19.7 Å². The summed E-state index contributed by atoms with van der Waals surface area (Å²) in [4.78, 5) is 0. The fourth-order valence-electron chi connectivity index (χ4n) is 5.88. The number of aliphatic hydroxyl groups is 1. The van der Waals surface area contributed by atoms with Gasteiger partial charge < -0.3 is 29.0 Å². The van der Waals surface area contributed by atoms with Gasteiger partial charge in [-0.05, 0) is 6.42 Å². The van der Waals surface area contributed by atoms with Crippen molar-refractivity contribution in [1.29, 1.82) is 0 Å². The van der Waals surface area contributed by atoms with Crippen molar-refractivity contribution in [2.45, 2.75) is 252 Å². The predicted octanol–water partition coefficient (Wildman–Crippen LogP) is 13.2. The van der Waals surface area contributed by atoms with E-state index in [2.05, 4.69) is 20.8 Å². The van der Waals surface area contributed by atoms with Crippen molar-refractivity contribution >= 4 is 0 Å². The second-order valence-corrected chi connectivity index (χ2v) is 13.9. The van der Waals surface area contributed by atoms with Gasteiger partial charge in [-0.1, -0.05) is 245 Å². The van der Waals surface area contributed by atoms with Crippen LogP contribution in [0.2, 0.25) is 0 Å². The first-order chi connectivity index (χ1) is 22.2. The summed E-state index contributed by atoms with van der Waals surface area (Å²) in [6.07, 6.45) is 49.7. The van der Waals surface area contributed by atoms with Crippen molar-refractivity contribution in [3.05, 3.63) is 11.5 Å². The van der Waals surface area contributed by atoms with Gasteiger partial charge in [0.2, 0.25) is 0 Å². The van der Waals surface area contributed by atoms with Crippen molar-refractivity contribution in [2.24, 2.45) is 0 Å². The van der Waals surface area contributed by atoms with E-state index >= 15 is 0 Å². The third-order valence-electron chi connectivity index (χ3n) is 9.07. The monoisotopic (exact) mass is 722 g/mol.